The highest BCUT2D eigenvalue weighted by Crippen LogP contribution is 2.35. The second kappa shape index (κ2) is 5.06. The predicted octanol–water partition coefficient (Wildman–Crippen LogP) is 4.03. The number of hydrogen-bond donors (Lipinski definition) is 1. The lowest BCUT2D eigenvalue weighted by atomic mass is 10.3. The molecule has 1 heterocycles. The van der Waals surface area contributed by atoms with Crippen molar-refractivity contribution in [1.82, 2.24) is 4.98 Å². The molecule has 0 saturated heterocycles. The van der Waals surface area contributed by atoms with E-state index in [1.165, 1.54) is 23.9 Å². The molecule has 0 saturated carbocycles. The first-order valence-electron chi connectivity index (χ1n) is 4.92. The van der Waals surface area contributed by atoms with Crippen LogP contribution in [-0.4, -0.2) is 4.98 Å². The van der Waals surface area contributed by atoms with Crippen LogP contribution in [0.2, 0.25) is 0 Å². The van der Waals surface area contributed by atoms with E-state index >= 15 is 0 Å². The molecular weight excluding hydrogens is 303 g/mol. The van der Waals surface area contributed by atoms with Crippen LogP contribution >= 0.6 is 27.7 Å². The van der Waals surface area contributed by atoms with Crippen molar-refractivity contribution in [3.05, 3.63) is 46.3 Å². The Morgan fingerprint density at radius 1 is 1.41 bits per heavy atom. The second-order valence-electron chi connectivity index (χ2n) is 3.52. The molecule has 0 amide bonds. The van der Waals surface area contributed by atoms with Crippen molar-refractivity contribution in [3.8, 4) is 0 Å². The lowest BCUT2D eigenvalue weighted by molar-refractivity contribution is 0.624. The SMILES string of the molecule is Cc1c(N)cnc(Sc2cccc(F)c2)c1Br. The van der Waals surface area contributed by atoms with Crippen molar-refractivity contribution in [2.24, 2.45) is 0 Å². The summed E-state index contributed by atoms with van der Waals surface area (Å²) < 4.78 is 13.9. The van der Waals surface area contributed by atoms with Crippen LogP contribution in [0.15, 0.2) is 44.9 Å². The highest BCUT2D eigenvalue weighted by Gasteiger charge is 2.09. The van der Waals surface area contributed by atoms with Crippen LogP contribution in [0.3, 0.4) is 0 Å². The van der Waals surface area contributed by atoms with Crippen LogP contribution in [0.5, 0.6) is 0 Å². The average molecular weight is 313 g/mol. The van der Waals surface area contributed by atoms with Gasteiger partial charge in [-0.05, 0) is 46.6 Å². The quantitative estimate of drug-likeness (QED) is 0.910. The number of nitrogen functional groups attached to an aromatic ring is 1. The Kier molecular flexibility index (Phi) is 3.69. The lowest BCUT2D eigenvalue weighted by Gasteiger charge is -2.08. The molecule has 0 aliphatic heterocycles. The lowest BCUT2D eigenvalue weighted by Crippen LogP contribution is -1.94. The Morgan fingerprint density at radius 2 is 2.18 bits per heavy atom. The Balaban J connectivity index is 2.34. The van der Waals surface area contributed by atoms with Crippen LogP contribution in [0, 0.1) is 12.7 Å². The van der Waals surface area contributed by atoms with Gasteiger partial charge in [-0.2, -0.15) is 0 Å². The maximum Gasteiger partial charge on any atom is 0.124 e. The summed E-state index contributed by atoms with van der Waals surface area (Å²) in [7, 11) is 0. The fourth-order valence-corrected chi connectivity index (χ4v) is 2.75. The molecule has 2 nitrogen and oxygen atoms in total. The Hall–Kier alpha value is -1.07. The molecule has 0 atom stereocenters. The van der Waals surface area contributed by atoms with E-state index < -0.39 is 0 Å². The monoisotopic (exact) mass is 312 g/mol. The number of anilines is 1. The summed E-state index contributed by atoms with van der Waals surface area (Å²) in [6.07, 6.45) is 1.61. The zero-order valence-corrected chi connectivity index (χ0v) is 11.5. The van der Waals surface area contributed by atoms with Gasteiger partial charge in [0.25, 0.3) is 0 Å². The first-order chi connectivity index (χ1) is 8.08. The van der Waals surface area contributed by atoms with Crippen molar-refractivity contribution in [2.45, 2.75) is 16.8 Å². The molecule has 2 N–H and O–H groups in total. The molecule has 0 spiro atoms. The highest BCUT2D eigenvalue weighted by atomic mass is 79.9. The van der Waals surface area contributed by atoms with Gasteiger partial charge in [0.1, 0.15) is 10.8 Å². The van der Waals surface area contributed by atoms with E-state index in [-0.39, 0.29) is 5.82 Å². The first kappa shape index (κ1) is 12.4. The van der Waals surface area contributed by atoms with E-state index in [1.807, 2.05) is 13.0 Å². The number of halogens is 2. The normalized spacial score (nSPS) is 10.5. The number of nitrogens with zero attached hydrogens (tertiary/aromatic N) is 1. The van der Waals surface area contributed by atoms with Gasteiger partial charge < -0.3 is 5.73 Å². The molecular formula is C12H10BrFN2S. The van der Waals surface area contributed by atoms with Gasteiger partial charge in [0.2, 0.25) is 0 Å². The minimum Gasteiger partial charge on any atom is -0.397 e. The highest BCUT2D eigenvalue weighted by molar-refractivity contribution is 9.10. The maximum atomic E-state index is 13.0. The minimum absolute atomic E-state index is 0.252. The Bertz CT molecular complexity index is 560. The molecule has 2 aromatic rings. The summed E-state index contributed by atoms with van der Waals surface area (Å²) in [6, 6.07) is 6.41. The summed E-state index contributed by atoms with van der Waals surface area (Å²) in [5.74, 6) is -0.252. The molecule has 0 fully saturated rings. The van der Waals surface area contributed by atoms with Crippen LogP contribution in [0.1, 0.15) is 5.56 Å². The summed E-state index contributed by atoms with van der Waals surface area (Å²) in [5, 5.41) is 0.780. The third-order valence-corrected chi connectivity index (χ3v) is 4.51. The fourth-order valence-electron chi connectivity index (χ4n) is 1.28. The van der Waals surface area contributed by atoms with Gasteiger partial charge >= 0.3 is 0 Å². The summed E-state index contributed by atoms with van der Waals surface area (Å²) in [5.41, 5.74) is 7.33. The standard InChI is InChI=1S/C12H10BrFN2S/c1-7-10(15)6-16-12(11(7)13)17-9-4-2-3-8(14)5-9/h2-6H,15H2,1H3. The van der Waals surface area contributed by atoms with Gasteiger partial charge in [0.15, 0.2) is 0 Å². The predicted molar refractivity (Wildman–Crippen MR) is 71.6 cm³/mol. The van der Waals surface area contributed by atoms with Crippen LogP contribution in [0.4, 0.5) is 10.1 Å². The minimum atomic E-state index is -0.252. The fraction of sp³-hybridized carbons (Fsp3) is 0.0833. The molecule has 0 bridgehead atoms. The van der Waals surface area contributed by atoms with Crippen molar-refractivity contribution in [1.29, 1.82) is 0 Å². The van der Waals surface area contributed by atoms with Gasteiger partial charge in [0.05, 0.1) is 16.4 Å². The van der Waals surface area contributed by atoms with E-state index in [0.717, 1.165) is 20.0 Å². The average Bonchev–Trinajstić information content (AvgIpc) is 2.30. The molecule has 1 aromatic heterocycles. The number of hydrogen-bond acceptors (Lipinski definition) is 3. The van der Waals surface area contributed by atoms with E-state index in [4.69, 9.17) is 5.73 Å². The van der Waals surface area contributed by atoms with E-state index in [1.54, 1.807) is 12.3 Å². The largest absolute Gasteiger partial charge is 0.397 e. The topological polar surface area (TPSA) is 38.9 Å². The molecule has 17 heavy (non-hydrogen) atoms. The number of nitrogens with two attached hydrogens (primary N) is 1. The van der Waals surface area contributed by atoms with E-state index in [9.17, 15) is 4.39 Å². The maximum absolute atomic E-state index is 13.0. The van der Waals surface area contributed by atoms with Gasteiger partial charge in [0, 0.05) is 4.90 Å². The van der Waals surface area contributed by atoms with Gasteiger partial charge in [-0.3, -0.25) is 0 Å². The smallest absolute Gasteiger partial charge is 0.124 e. The second-order valence-corrected chi connectivity index (χ2v) is 5.37. The van der Waals surface area contributed by atoms with Crippen LogP contribution < -0.4 is 5.73 Å². The van der Waals surface area contributed by atoms with Crippen molar-refractivity contribution >= 4 is 33.4 Å². The molecule has 0 unspecified atom stereocenters. The zero-order valence-electron chi connectivity index (χ0n) is 9.08. The molecule has 0 aliphatic rings. The Labute approximate surface area is 112 Å². The van der Waals surface area contributed by atoms with Crippen molar-refractivity contribution in [3.63, 3.8) is 0 Å². The summed E-state index contributed by atoms with van der Waals surface area (Å²) in [6.45, 7) is 1.91. The number of rotatable bonds is 2. The van der Waals surface area contributed by atoms with Crippen LogP contribution in [0.25, 0.3) is 0 Å². The van der Waals surface area contributed by atoms with E-state index in [0.29, 0.717) is 5.69 Å². The molecule has 88 valence electrons. The van der Waals surface area contributed by atoms with Crippen LogP contribution in [-0.2, 0) is 0 Å². The number of aromatic nitrogens is 1. The molecule has 2 rings (SSSR count). The molecule has 0 radical (unpaired) electrons. The number of pyridine rings is 1. The van der Waals surface area contributed by atoms with Gasteiger partial charge in [-0.15, -0.1) is 0 Å². The molecule has 0 aliphatic carbocycles. The van der Waals surface area contributed by atoms with Crippen molar-refractivity contribution < 1.29 is 4.39 Å². The third kappa shape index (κ3) is 2.79. The summed E-state index contributed by atoms with van der Waals surface area (Å²) in [4.78, 5) is 5.04. The zero-order chi connectivity index (χ0) is 12.4. The third-order valence-electron chi connectivity index (χ3n) is 2.28. The molecule has 5 heteroatoms. The Morgan fingerprint density at radius 3 is 2.88 bits per heavy atom. The van der Waals surface area contributed by atoms with Crippen molar-refractivity contribution in [2.75, 3.05) is 5.73 Å². The molecule has 1 aromatic carbocycles. The van der Waals surface area contributed by atoms with E-state index in [2.05, 4.69) is 20.9 Å². The first-order valence-corrected chi connectivity index (χ1v) is 6.53. The number of benzene rings is 1. The van der Waals surface area contributed by atoms with Gasteiger partial charge in [-0.25, -0.2) is 9.37 Å². The summed E-state index contributed by atoms with van der Waals surface area (Å²) >= 11 is 4.85. The van der Waals surface area contributed by atoms with Gasteiger partial charge in [-0.1, -0.05) is 17.8 Å².